The molecule has 4 N–H and O–H groups in total. The minimum Gasteiger partial charge on any atom is -0.395 e. The van der Waals surface area contributed by atoms with Gasteiger partial charge in [-0.15, -0.1) is 0 Å². The molecule has 1 rings (SSSR count). The van der Waals surface area contributed by atoms with Gasteiger partial charge in [0.25, 0.3) is 0 Å². The molecule has 0 bridgehead atoms. The number of carbonyl (C=O) groups is 1. The standard InChI is InChI=1S/C12H17N5O/c1-12(2,11(18)15-3)7-17-10-9(14)8(6-13)4-5-16-10/h4-5H,7,14H2,1-3H3,(H,15,18)(H,16,17). The number of nitrogens with zero attached hydrogens (tertiary/aromatic N) is 2. The number of nitrogen functional groups attached to an aromatic ring is 1. The van der Waals surface area contributed by atoms with E-state index in [1.54, 1.807) is 13.1 Å². The van der Waals surface area contributed by atoms with Gasteiger partial charge in [-0.05, 0) is 19.9 Å². The van der Waals surface area contributed by atoms with Crippen molar-refractivity contribution < 1.29 is 4.79 Å². The Hall–Kier alpha value is -2.29. The Morgan fingerprint density at radius 3 is 2.83 bits per heavy atom. The lowest BCUT2D eigenvalue weighted by molar-refractivity contribution is -0.128. The van der Waals surface area contributed by atoms with E-state index in [-0.39, 0.29) is 5.91 Å². The van der Waals surface area contributed by atoms with Crippen LogP contribution in [0.25, 0.3) is 0 Å². The summed E-state index contributed by atoms with van der Waals surface area (Å²) in [7, 11) is 1.59. The lowest BCUT2D eigenvalue weighted by atomic mass is 9.92. The molecule has 0 aliphatic carbocycles. The molecule has 0 atom stereocenters. The van der Waals surface area contributed by atoms with Crippen LogP contribution in [-0.4, -0.2) is 24.5 Å². The highest BCUT2D eigenvalue weighted by molar-refractivity contribution is 5.82. The number of nitriles is 1. The van der Waals surface area contributed by atoms with E-state index >= 15 is 0 Å². The molecule has 1 aromatic heterocycles. The number of aromatic nitrogens is 1. The summed E-state index contributed by atoms with van der Waals surface area (Å²) in [6.07, 6.45) is 1.50. The Bertz CT molecular complexity index is 490. The Labute approximate surface area is 106 Å². The minimum atomic E-state index is -0.592. The van der Waals surface area contributed by atoms with Crippen LogP contribution in [0.4, 0.5) is 11.5 Å². The molecule has 6 heteroatoms. The number of hydrogen-bond donors (Lipinski definition) is 3. The Morgan fingerprint density at radius 2 is 2.28 bits per heavy atom. The number of carbonyl (C=O) groups excluding carboxylic acids is 1. The van der Waals surface area contributed by atoms with Crippen molar-refractivity contribution in [3.05, 3.63) is 17.8 Å². The third-order valence-electron chi connectivity index (χ3n) is 2.65. The molecule has 0 radical (unpaired) electrons. The molecule has 0 saturated heterocycles. The third kappa shape index (κ3) is 2.88. The van der Waals surface area contributed by atoms with Gasteiger partial charge >= 0.3 is 0 Å². The van der Waals surface area contributed by atoms with Crippen molar-refractivity contribution in [2.24, 2.45) is 5.41 Å². The summed E-state index contributed by atoms with van der Waals surface area (Å²) in [5.74, 6) is 0.344. The van der Waals surface area contributed by atoms with E-state index in [1.807, 2.05) is 19.9 Å². The van der Waals surface area contributed by atoms with E-state index in [1.165, 1.54) is 6.20 Å². The zero-order valence-corrected chi connectivity index (χ0v) is 10.7. The fourth-order valence-electron chi connectivity index (χ4n) is 1.43. The molecular weight excluding hydrogens is 230 g/mol. The van der Waals surface area contributed by atoms with E-state index in [0.717, 1.165) is 0 Å². The smallest absolute Gasteiger partial charge is 0.227 e. The van der Waals surface area contributed by atoms with Gasteiger partial charge in [-0.1, -0.05) is 0 Å². The summed E-state index contributed by atoms with van der Waals surface area (Å²) in [5, 5.41) is 14.4. The summed E-state index contributed by atoms with van der Waals surface area (Å²) in [6.45, 7) is 3.99. The SMILES string of the molecule is CNC(=O)C(C)(C)CNc1nccc(C#N)c1N. The monoisotopic (exact) mass is 247 g/mol. The zero-order chi connectivity index (χ0) is 13.8. The molecule has 1 heterocycles. The number of pyridine rings is 1. The second-order valence-corrected chi connectivity index (χ2v) is 4.55. The number of amides is 1. The van der Waals surface area contributed by atoms with Crippen LogP contribution < -0.4 is 16.4 Å². The number of anilines is 2. The summed E-state index contributed by atoms with van der Waals surface area (Å²) in [5.41, 5.74) is 5.86. The molecule has 0 aliphatic rings. The lowest BCUT2D eigenvalue weighted by Crippen LogP contribution is -2.39. The van der Waals surface area contributed by atoms with E-state index in [4.69, 9.17) is 11.0 Å². The molecule has 18 heavy (non-hydrogen) atoms. The van der Waals surface area contributed by atoms with Crippen LogP contribution in [-0.2, 0) is 4.79 Å². The minimum absolute atomic E-state index is 0.0787. The molecule has 0 fully saturated rings. The van der Waals surface area contributed by atoms with Gasteiger partial charge < -0.3 is 16.4 Å². The molecule has 1 amide bonds. The maximum absolute atomic E-state index is 11.6. The van der Waals surface area contributed by atoms with Gasteiger partial charge in [-0.2, -0.15) is 5.26 Å². The van der Waals surface area contributed by atoms with Crippen LogP contribution in [0.2, 0.25) is 0 Å². The quantitative estimate of drug-likeness (QED) is 0.727. The first-order chi connectivity index (χ1) is 8.42. The molecule has 0 saturated carbocycles. The van der Waals surface area contributed by atoms with Crippen LogP contribution >= 0.6 is 0 Å². The van der Waals surface area contributed by atoms with Crippen molar-refractivity contribution in [2.45, 2.75) is 13.8 Å². The molecule has 0 aliphatic heterocycles. The van der Waals surface area contributed by atoms with Crippen LogP contribution in [0.5, 0.6) is 0 Å². The van der Waals surface area contributed by atoms with Crippen LogP contribution in [0, 0.1) is 16.7 Å². The van der Waals surface area contributed by atoms with Crippen molar-refractivity contribution in [2.75, 3.05) is 24.6 Å². The predicted molar refractivity (Wildman–Crippen MR) is 69.7 cm³/mol. The highest BCUT2D eigenvalue weighted by Crippen LogP contribution is 2.22. The van der Waals surface area contributed by atoms with Crippen LogP contribution in [0.3, 0.4) is 0 Å². The maximum atomic E-state index is 11.6. The number of rotatable bonds is 4. The van der Waals surface area contributed by atoms with Gasteiger partial charge in [0.15, 0.2) is 5.82 Å². The van der Waals surface area contributed by atoms with Crippen molar-refractivity contribution in [3.63, 3.8) is 0 Å². The van der Waals surface area contributed by atoms with Gasteiger partial charge in [0.1, 0.15) is 6.07 Å². The lowest BCUT2D eigenvalue weighted by Gasteiger charge is -2.23. The van der Waals surface area contributed by atoms with Crippen LogP contribution in [0.1, 0.15) is 19.4 Å². The highest BCUT2D eigenvalue weighted by atomic mass is 16.2. The number of nitrogens with one attached hydrogen (secondary N) is 2. The second kappa shape index (κ2) is 5.36. The maximum Gasteiger partial charge on any atom is 0.227 e. The van der Waals surface area contributed by atoms with Crippen molar-refractivity contribution in [1.29, 1.82) is 5.26 Å². The molecule has 0 spiro atoms. The van der Waals surface area contributed by atoms with Gasteiger partial charge in [-0.3, -0.25) is 4.79 Å². The van der Waals surface area contributed by atoms with Gasteiger partial charge in [0.05, 0.1) is 16.7 Å². The normalized spacial score (nSPS) is 10.6. The Morgan fingerprint density at radius 1 is 1.61 bits per heavy atom. The number of nitrogens with two attached hydrogens (primary N) is 1. The molecule has 0 unspecified atom stereocenters. The Balaban J connectivity index is 2.82. The van der Waals surface area contributed by atoms with Crippen LogP contribution in [0.15, 0.2) is 12.3 Å². The van der Waals surface area contributed by atoms with Crippen molar-refractivity contribution >= 4 is 17.4 Å². The van der Waals surface area contributed by atoms with Crippen molar-refractivity contribution in [3.8, 4) is 6.07 Å². The first kappa shape index (κ1) is 13.8. The van der Waals surface area contributed by atoms with E-state index < -0.39 is 5.41 Å². The largest absolute Gasteiger partial charge is 0.395 e. The molecule has 96 valence electrons. The van der Waals surface area contributed by atoms with Gasteiger partial charge in [0, 0.05) is 19.8 Å². The first-order valence-electron chi connectivity index (χ1n) is 5.53. The summed E-state index contributed by atoms with van der Waals surface area (Å²) < 4.78 is 0. The van der Waals surface area contributed by atoms with Gasteiger partial charge in [0.2, 0.25) is 5.91 Å². The Kier molecular flexibility index (Phi) is 4.10. The average Bonchev–Trinajstić information content (AvgIpc) is 2.36. The van der Waals surface area contributed by atoms with E-state index in [0.29, 0.717) is 23.6 Å². The summed E-state index contributed by atoms with van der Waals surface area (Å²) in [4.78, 5) is 15.7. The molecular formula is C12H17N5O. The highest BCUT2D eigenvalue weighted by Gasteiger charge is 2.26. The molecule has 6 nitrogen and oxygen atoms in total. The summed E-state index contributed by atoms with van der Waals surface area (Å²) >= 11 is 0. The number of hydrogen-bond acceptors (Lipinski definition) is 5. The fourth-order valence-corrected chi connectivity index (χ4v) is 1.43. The first-order valence-corrected chi connectivity index (χ1v) is 5.53. The van der Waals surface area contributed by atoms with Crippen molar-refractivity contribution in [1.82, 2.24) is 10.3 Å². The molecule has 1 aromatic rings. The van der Waals surface area contributed by atoms with Gasteiger partial charge in [-0.25, -0.2) is 4.98 Å². The molecule has 0 aromatic carbocycles. The predicted octanol–water partition coefficient (Wildman–Crippen LogP) is 0.720. The van der Waals surface area contributed by atoms with E-state index in [9.17, 15) is 4.79 Å². The average molecular weight is 247 g/mol. The zero-order valence-electron chi connectivity index (χ0n) is 10.7. The van der Waals surface area contributed by atoms with E-state index in [2.05, 4.69) is 15.6 Å². The third-order valence-corrected chi connectivity index (χ3v) is 2.65. The fraction of sp³-hybridized carbons (Fsp3) is 0.417. The summed E-state index contributed by atoms with van der Waals surface area (Å²) in [6, 6.07) is 3.53. The second-order valence-electron chi connectivity index (χ2n) is 4.55. The topological polar surface area (TPSA) is 104 Å².